The summed E-state index contributed by atoms with van der Waals surface area (Å²) in [5.74, 6) is -0.503. The number of fused-ring (bicyclic) bond motifs is 1. The Hall–Kier alpha value is -2.31. The summed E-state index contributed by atoms with van der Waals surface area (Å²) < 4.78 is 10.6. The summed E-state index contributed by atoms with van der Waals surface area (Å²) in [7, 11) is 0. The molecule has 0 radical (unpaired) electrons. The molecule has 0 aliphatic rings. The summed E-state index contributed by atoms with van der Waals surface area (Å²) in [5.41, 5.74) is 1.62. The number of aryl methyl sites for hydroxylation is 1. The average Bonchev–Trinajstić information content (AvgIpc) is 2.60. The third-order valence-corrected chi connectivity index (χ3v) is 4.77. The third kappa shape index (κ3) is 3.70. The van der Waals surface area contributed by atoms with Crippen LogP contribution < -0.4 is 5.63 Å². The van der Waals surface area contributed by atoms with Crippen LogP contribution in [0.15, 0.2) is 50.8 Å². The predicted octanol–water partition coefficient (Wildman–Crippen LogP) is 4.23. The van der Waals surface area contributed by atoms with Gasteiger partial charge in [-0.05, 0) is 43.0 Å². The lowest BCUT2D eigenvalue weighted by Gasteiger charge is -2.09. The van der Waals surface area contributed by atoms with E-state index in [9.17, 15) is 9.59 Å². The summed E-state index contributed by atoms with van der Waals surface area (Å²) in [6.45, 7) is 1.75. The SMILES string of the molecule is CSc1ncccc1C(=O)OCc1cc(=O)oc2cc(C)c(Cl)cc12. The first-order valence-electron chi connectivity index (χ1n) is 7.38. The number of carbonyl (C=O) groups is 1. The summed E-state index contributed by atoms with van der Waals surface area (Å²) in [6.07, 6.45) is 3.45. The van der Waals surface area contributed by atoms with Crippen LogP contribution in [0.1, 0.15) is 21.5 Å². The van der Waals surface area contributed by atoms with Crippen LogP contribution in [-0.4, -0.2) is 17.2 Å². The highest BCUT2D eigenvalue weighted by atomic mass is 35.5. The summed E-state index contributed by atoms with van der Waals surface area (Å²) in [6, 6.07) is 8.03. The van der Waals surface area contributed by atoms with Gasteiger partial charge in [-0.15, -0.1) is 11.8 Å². The number of aromatic nitrogens is 1. The minimum atomic E-state index is -0.508. The fourth-order valence-corrected chi connectivity index (χ4v) is 3.10. The van der Waals surface area contributed by atoms with Gasteiger partial charge >= 0.3 is 11.6 Å². The number of hydrogen-bond donors (Lipinski definition) is 0. The number of pyridine rings is 1. The normalized spacial score (nSPS) is 10.8. The van der Waals surface area contributed by atoms with Crippen molar-refractivity contribution >= 4 is 40.3 Å². The monoisotopic (exact) mass is 375 g/mol. The van der Waals surface area contributed by atoms with Gasteiger partial charge < -0.3 is 9.15 Å². The number of rotatable bonds is 4. The van der Waals surface area contributed by atoms with Crippen molar-refractivity contribution in [1.29, 1.82) is 0 Å². The molecular weight excluding hydrogens is 362 g/mol. The average molecular weight is 376 g/mol. The molecule has 0 fully saturated rings. The molecular formula is C18H14ClNO4S. The van der Waals surface area contributed by atoms with Crippen LogP contribution in [0.3, 0.4) is 0 Å². The van der Waals surface area contributed by atoms with Crippen molar-refractivity contribution in [3.63, 3.8) is 0 Å². The molecule has 128 valence electrons. The highest BCUT2D eigenvalue weighted by molar-refractivity contribution is 7.98. The first-order valence-corrected chi connectivity index (χ1v) is 8.99. The molecule has 25 heavy (non-hydrogen) atoms. The largest absolute Gasteiger partial charge is 0.457 e. The van der Waals surface area contributed by atoms with Gasteiger partial charge in [0.2, 0.25) is 0 Å². The summed E-state index contributed by atoms with van der Waals surface area (Å²) in [4.78, 5) is 28.2. The van der Waals surface area contributed by atoms with Gasteiger partial charge in [0.15, 0.2) is 0 Å². The second kappa shape index (κ2) is 7.29. The minimum Gasteiger partial charge on any atom is -0.457 e. The summed E-state index contributed by atoms with van der Waals surface area (Å²) in [5, 5.41) is 1.77. The Labute approximate surface area is 153 Å². The van der Waals surface area contributed by atoms with Gasteiger partial charge in [-0.2, -0.15) is 0 Å². The van der Waals surface area contributed by atoms with Gasteiger partial charge in [-0.3, -0.25) is 0 Å². The maximum absolute atomic E-state index is 12.3. The number of nitrogens with zero attached hydrogens (tertiary/aromatic N) is 1. The number of benzene rings is 1. The summed E-state index contributed by atoms with van der Waals surface area (Å²) >= 11 is 7.52. The van der Waals surface area contributed by atoms with Crippen molar-refractivity contribution in [3.8, 4) is 0 Å². The number of thioether (sulfide) groups is 1. The minimum absolute atomic E-state index is 0.0664. The van der Waals surface area contributed by atoms with E-state index in [1.807, 2.05) is 13.2 Å². The molecule has 3 rings (SSSR count). The molecule has 0 spiro atoms. The molecule has 0 bridgehead atoms. The van der Waals surface area contributed by atoms with Crippen molar-refractivity contribution in [3.05, 3.63) is 68.7 Å². The fourth-order valence-electron chi connectivity index (χ4n) is 2.40. The molecule has 2 heterocycles. The van der Waals surface area contributed by atoms with Crippen LogP contribution in [0.4, 0.5) is 0 Å². The van der Waals surface area contributed by atoms with E-state index in [1.165, 1.54) is 17.8 Å². The van der Waals surface area contributed by atoms with E-state index in [0.29, 0.717) is 32.1 Å². The number of halogens is 1. The maximum atomic E-state index is 12.3. The van der Waals surface area contributed by atoms with E-state index >= 15 is 0 Å². The van der Waals surface area contributed by atoms with Gasteiger partial charge in [0.05, 0.1) is 5.56 Å². The van der Waals surface area contributed by atoms with Crippen LogP contribution in [-0.2, 0) is 11.3 Å². The van der Waals surface area contributed by atoms with Crippen LogP contribution in [0.2, 0.25) is 5.02 Å². The lowest BCUT2D eigenvalue weighted by molar-refractivity contribution is 0.0468. The third-order valence-electron chi connectivity index (χ3n) is 3.65. The number of esters is 1. The van der Waals surface area contributed by atoms with E-state index in [1.54, 1.807) is 30.5 Å². The molecule has 0 saturated carbocycles. The molecule has 0 atom stereocenters. The first-order chi connectivity index (χ1) is 12.0. The molecule has 0 unspecified atom stereocenters. The molecule has 0 aliphatic carbocycles. The zero-order valence-electron chi connectivity index (χ0n) is 13.5. The Morgan fingerprint density at radius 2 is 2.16 bits per heavy atom. The molecule has 2 aromatic heterocycles. The van der Waals surface area contributed by atoms with Crippen molar-refractivity contribution in [2.45, 2.75) is 18.6 Å². The number of hydrogen-bond acceptors (Lipinski definition) is 6. The quantitative estimate of drug-likeness (QED) is 0.386. The highest BCUT2D eigenvalue weighted by Crippen LogP contribution is 2.26. The molecule has 0 aliphatic heterocycles. The molecule has 5 nitrogen and oxygen atoms in total. The van der Waals surface area contributed by atoms with Gasteiger partial charge in [0, 0.05) is 28.2 Å². The van der Waals surface area contributed by atoms with E-state index < -0.39 is 11.6 Å². The Bertz CT molecular complexity index is 1020. The van der Waals surface area contributed by atoms with Crippen LogP contribution in [0.5, 0.6) is 0 Å². The first kappa shape index (κ1) is 17.5. The highest BCUT2D eigenvalue weighted by Gasteiger charge is 2.15. The smallest absolute Gasteiger partial charge is 0.341 e. The fraction of sp³-hybridized carbons (Fsp3) is 0.167. The zero-order chi connectivity index (χ0) is 18.0. The maximum Gasteiger partial charge on any atom is 0.341 e. The van der Waals surface area contributed by atoms with Gasteiger partial charge in [-0.25, -0.2) is 14.6 Å². The topological polar surface area (TPSA) is 69.4 Å². The van der Waals surface area contributed by atoms with E-state index in [2.05, 4.69) is 4.98 Å². The molecule has 0 N–H and O–H groups in total. The lowest BCUT2D eigenvalue weighted by atomic mass is 10.1. The van der Waals surface area contributed by atoms with Gasteiger partial charge in [-0.1, -0.05) is 11.6 Å². The van der Waals surface area contributed by atoms with Crippen molar-refractivity contribution in [1.82, 2.24) is 4.98 Å². The lowest BCUT2D eigenvalue weighted by Crippen LogP contribution is -2.09. The van der Waals surface area contributed by atoms with E-state index in [0.717, 1.165) is 5.56 Å². The Kier molecular flexibility index (Phi) is 5.11. The Morgan fingerprint density at radius 1 is 1.36 bits per heavy atom. The number of carbonyl (C=O) groups excluding carboxylic acids is 1. The van der Waals surface area contributed by atoms with Crippen LogP contribution in [0, 0.1) is 6.92 Å². The van der Waals surface area contributed by atoms with Crippen LogP contribution >= 0.6 is 23.4 Å². The molecule has 0 amide bonds. The predicted molar refractivity (Wildman–Crippen MR) is 97.4 cm³/mol. The van der Waals surface area contributed by atoms with Gasteiger partial charge in [0.25, 0.3) is 0 Å². The molecule has 0 saturated heterocycles. The Morgan fingerprint density at radius 3 is 2.92 bits per heavy atom. The van der Waals surface area contributed by atoms with Gasteiger partial charge in [0.1, 0.15) is 17.2 Å². The number of ether oxygens (including phenoxy) is 1. The standard InChI is InChI=1S/C18H14ClNO4S/c1-10-6-15-13(8-14(10)19)11(7-16(21)24-15)9-23-18(22)12-4-3-5-20-17(12)25-2/h3-8H,9H2,1-2H3. The van der Waals surface area contributed by atoms with E-state index in [-0.39, 0.29) is 6.61 Å². The Balaban J connectivity index is 1.92. The molecule has 1 aromatic carbocycles. The van der Waals surface area contributed by atoms with Crippen LogP contribution in [0.25, 0.3) is 11.0 Å². The van der Waals surface area contributed by atoms with Crippen molar-refractivity contribution < 1.29 is 13.9 Å². The zero-order valence-corrected chi connectivity index (χ0v) is 15.1. The molecule has 7 heteroatoms. The van der Waals surface area contributed by atoms with E-state index in [4.69, 9.17) is 20.8 Å². The van der Waals surface area contributed by atoms with Crippen molar-refractivity contribution in [2.75, 3.05) is 6.26 Å². The second-order valence-electron chi connectivity index (χ2n) is 5.32. The second-order valence-corrected chi connectivity index (χ2v) is 6.53. The molecule has 3 aromatic rings. The van der Waals surface area contributed by atoms with Crippen molar-refractivity contribution in [2.24, 2.45) is 0 Å².